The van der Waals surface area contributed by atoms with E-state index in [-0.39, 0.29) is 30.1 Å². The van der Waals surface area contributed by atoms with Crippen LogP contribution in [0.2, 0.25) is 5.02 Å². The standard InChI is InChI=1S/C17H28ClN3O2.HI/c1-4-19-17(20-10-7-11-23-5-2)21-13-16(22-3)14-8-6-9-15(18)12-14;/h6,8-9,12,16H,4-5,7,10-11,13H2,1-3H3,(H2,19,20,21);1H. The number of rotatable bonds is 10. The Balaban J connectivity index is 0.00000529. The Hall–Kier alpha value is -0.570. The number of methoxy groups -OCH3 is 1. The molecular weight excluding hydrogens is 441 g/mol. The maximum atomic E-state index is 6.04. The minimum absolute atomic E-state index is 0. The SMILES string of the molecule is CCNC(=NCC(OC)c1cccc(Cl)c1)NCCCOCC.I. The highest BCUT2D eigenvalue weighted by Gasteiger charge is 2.10. The normalized spacial score (nSPS) is 12.4. The number of guanidine groups is 1. The maximum Gasteiger partial charge on any atom is 0.191 e. The van der Waals surface area contributed by atoms with E-state index in [2.05, 4.69) is 15.6 Å². The number of aliphatic imine (C=N–C) groups is 1. The van der Waals surface area contributed by atoms with Gasteiger partial charge in [-0.15, -0.1) is 24.0 Å². The first-order valence-corrected chi connectivity index (χ1v) is 8.47. The lowest BCUT2D eigenvalue weighted by atomic mass is 10.1. The number of nitrogens with zero attached hydrogens (tertiary/aromatic N) is 1. The van der Waals surface area contributed by atoms with Crippen molar-refractivity contribution in [1.82, 2.24) is 10.6 Å². The largest absolute Gasteiger partial charge is 0.382 e. The van der Waals surface area contributed by atoms with Gasteiger partial charge in [-0.3, -0.25) is 4.99 Å². The summed E-state index contributed by atoms with van der Waals surface area (Å²) in [5.41, 5.74) is 1.02. The quantitative estimate of drug-likeness (QED) is 0.238. The summed E-state index contributed by atoms with van der Waals surface area (Å²) in [5, 5.41) is 7.23. The van der Waals surface area contributed by atoms with E-state index in [0.717, 1.165) is 44.2 Å². The molecule has 0 spiro atoms. The van der Waals surface area contributed by atoms with Gasteiger partial charge in [0.05, 0.1) is 6.54 Å². The Bertz CT molecular complexity index is 475. The van der Waals surface area contributed by atoms with Gasteiger partial charge in [-0.2, -0.15) is 0 Å². The lowest BCUT2D eigenvalue weighted by Crippen LogP contribution is -2.38. The minimum Gasteiger partial charge on any atom is -0.382 e. The molecule has 0 saturated heterocycles. The maximum absolute atomic E-state index is 6.04. The smallest absolute Gasteiger partial charge is 0.191 e. The molecular formula is C17H29ClIN3O2. The molecule has 0 bridgehead atoms. The second-order valence-corrected chi connectivity index (χ2v) is 5.41. The van der Waals surface area contributed by atoms with E-state index in [0.29, 0.717) is 11.6 Å². The molecule has 1 aromatic rings. The minimum atomic E-state index is -0.118. The molecule has 0 radical (unpaired) electrons. The summed E-state index contributed by atoms with van der Waals surface area (Å²) in [6, 6.07) is 7.68. The van der Waals surface area contributed by atoms with Crippen LogP contribution in [0.1, 0.15) is 31.9 Å². The summed E-state index contributed by atoms with van der Waals surface area (Å²) in [7, 11) is 1.68. The average Bonchev–Trinajstić information content (AvgIpc) is 2.55. The highest BCUT2D eigenvalue weighted by molar-refractivity contribution is 14.0. The predicted molar refractivity (Wildman–Crippen MR) is 112 cm³/mol. The first-order chi connectivity index (χ1) is 11.2. The van der Waals surface area contributed by atoms with Crippen LogP contribution in [0, 0.1) is 0 Å². The van der Waals surface area contributed by atoms with Crippen molar-refractivity contribution in [1.29, 1.82) is 0 Å². The molecule has 1 atom stereocenters. The summed E-state index contributed by atoms with van der Waals surface area (Å²) in [6.45, 7) is 7.71. The molecule has 0 fully saturated rings. The number of halogens is 2. The first kappa shape index (κ1) is 23.4. The van der Waals surface area contributed by atoms with Crippen LogP contribution in [0.3, 0.4) is 0 Å². The van der Waals surface area contributed by atoms with Gasteiger partial charge in [-0.05, 0) is 38.0 Å². The number of hydrogen-bond acceptors (Lipinski definition) is 3. The lowest BCUT2D eigenvalue weighted by Gasteiger charge is -2.16. The lowest BCUT2D eigenvalue weighted by molar-refractivity contribution is 0.111. The summed E-state index contributed by atoms with van der Waals surface area (Å²) in [6.07, 6.45) is 0.827. The summed E-state index contributed by atoms with van der Waals surface area (Å²) < 4.78 is 10.9. The fourth-order valence-electron chi connectivity index (χ4n) is 2.06. The summed E-state index contributed by atoms with van der Waals surface area (Å²) >= 11 is 6.04. The fraction of sp³-hybridized carbons (Fsp3) is 0.588. The van der Waals surface area contributed by atoms with E-state index in [1.54, 1.807) is 7.11 Å². The third-order valence-corrected chi connectivity index (χ3v) is 3.46. The molecule has 0 saturated carbocycles. The van der Waals surface area contributed by atoms with Crippen molar-refractivity contribution in [2.45, 2.75) is 26.4 Å². The van der Waals surface area contributed by atoms with Gasteiger partial charge in [-0.25, -0.2) is 0 Å². The molecule has 0 aliphatic rings. The van der Waals surface area contributed by atoms with Gasteiger partial charge in [0.2, 0.25) is 0 Å². The van der Waals surface area contributed by atoms with Crippen molar-refractivity contribution in [3.05, 3.63) is 34.9 Å². The van der Waals surface area contributed by atoms with E-state index in [1.807, 2.05) is 38.1 Å². The predicted octanol–water partition coefficient (Wildman–Crippen LogP) is 3.63. The van der Waals surface area contributed by atoms with Crippen LogP contribution >= 0.6 is 35.6 Å². The Morgan fingerprint density at radius 3 is 2.71 bits per heavy atom. The van der Waals surface area contributed by atoms with E-state index < -0.39 is 0 Å². The molecule has 5 nitrogen and oxygen atoms in total. The molecule has 0 aromatic heterocycles. The Morgan fingerprint density at radius 1 is 1.29 bits per heavy atom. The monoisotopic (exact) mass is 469 g/mol. The van der Waals surface area contributed by atoms with E-state index >= 15 is 0 Å². The molecule has 1 aromatic carbocycles. The Labute approximate surface area is 167 Å². The summed E-state index contributed by atoms with van der Waals surface area (Å²) in [4.78, 5) is 4.59. The molecule has 1 rings (SSSR count). The zero-order chi connectivity index (χ0) is 16.9. The molecule has 138 valence electrons. The number of benzene rings is 1. The van der Waals surface area contributed by atoms with Gasteiger partial charge in [-0.1, -0.05) is 23.7 Å². The second-order valence-electron chi connectivity index (χ2n) is 4.98. The topological polar surface area (TPSA) is 54.9 Å². The molecule has 0 aliphatic heterocycles. The van der Waals surface area contributed by atoms with Crippen molar-refractivity contribution in [3.63, 3.8) is 0 Å². The number of ether oxygens (including phenoxy) is 2. The summed E-state index contributed by atoms with van der Waals surface area (Å²) in [5.74, 6) is 0.785. The van der Waals surface area contributed by atoms with Crippen molar-refractivity contribution >= 4 is 41.5 Å². The van der Waals surface area contributed by atoms with E-state index in [9.17, 15) is 0 Å². The van der Waals surface area contributed by atoms with Crippen LogP contribution in [-0.4, -0.2) is 45.9 Å². The van der Waals surface area contributed by atoms with Crippen LogP contribution in [-0.2, 0) is 9.47 Å². The molecule has 1 unspecified atom stereocenters. The number of nitrogens with one attached hydrogen (secondary N) is 2. The highest BCUT2D eigenvalue weighted by Crippen LogP contribution is 2.20. The van der Waals surface area contributed by atoms with Crippen LogP contribution < -0.4 is 10.6 Å². The average molecular weight is 470 g/mol. The van der Waals surface area contributed by atoms with E-state index in [1.165, 1.54) is 0 Å². The van der Waals surface area contributed by atoms with Gasteiger partial charge in [0, 0.05) is 38.4 Å². The zero-order valence-electron chi connectivity index (χ0n) is 14.7. The van der Waals surface area contributed by atoms with Crippen molar-refractivity contribution in [3.8, 4) is 0 Å². The zero-order valence-corrected chi connectivity index (χ0v) is 17.8. The van der Waals surface area contributed by atoms with Gasteiger partial charge >= 0.3 is 0 Å². The third-order valence-electron chi connectivity index (χ3n) is 3.23. The van der Waals surface area contributed by atoms with E-state index in [4.69, 9.17) is 21.1 Å². The third kappa shape index (κ3) is 9.66. The molecule has 0 aliphatic carbocycles. The van der Waals surface area contributed by atoms with Crippen molar-refractivity contribution in [2.75, 3.05) is 40.0 Å². The fourth-order valence-corrected chi connectivity index (χ4v) is 2.26. The molecule has 7 heteroatoms. The van der Waals surface area contributed by atoms with Gasteiger partial charge in [0.15, 0.2) is 5.96 Å². The van der Waals surface area contributed by atoms with Crippen molar-refractivity contribution in [2.24, 2.45) is 4.99 Å². The first-order valence-electron chi connectivity index (χ1n) is 8.09. The van der Waals surface area contributed by atoms with Gasteiger partial charge < -0.3 is 20.1 Å². The van der Waals surface area contributed by atoms with Crippen LogP contribution in [0.15, 0.2) is 29.3 Å². The highest BCUT2D eigenvalue weighted by atomic mass is 127. The number of hydrogen-bond donors (Lipinski definition) is 2. The molecule has 24 heavy (non-hydrogen) atoms. The molecule has 0 amide bonds. The van der Waals surface area contributed by atoms with Crippen molar-refractivity contribution < 1.29 is 9.47 Å². The van der Waals surface area contributed by atoms with Gasteiger partial charge in [0.1, 0.15) is 6.10 Å². The molecule has 2 N–H and O–H groups in total. The van der Waals surface area contributed by atoms with Crippen LogP contribution in [0.4, 0.5) is 0 Å². The Morgan fingerprint density at radius 2 is 2.08 bits per heavy atom. The Kier molecular flexibility index (Phi) is 14.4. The van der Waals surface area contributed by atoms with Crippen LogP contribution in [0.5, 0.6) is 0 Å². The van der Waals surface area contributed by atoms with Crippen LogP contribution in [0.25, 0.3) is 0 Å². The molecule has 0 heterocycles. The van der Waals surface area contributed by atoms with Gasteiger partial charge in [0.25, 0.3) is 0 Å². The second kappa shape index (κ2) is 14.7.